The fraction of sp³-hybridized carbons (Fsp3) is 0.300. The monoisotopic (exact) mass is 406 g/mol. The molecule has 152 valence electrons. The average Bonchev–Trinajstić information content (AvgIpc) is 3.05. The second-order valence-electron chi connectivity index (χ2n) is 7.24. The summed E-state index contributed by atoms with van der Waals surface area (Å²) in [6, 6.07) is 8.43. The predicted molar refractivity (Wildman–Crippen MR) is 98.9 cm³/mol. The number of halogens is 4. The van der Waals surface area contributed by atoms with Crippen LogP contribution < -0.4 is 10.1 Å². The largest absolute Gasteiger partial charge is 0.493 e. The summed E-state index contributed by atoms with van der Waals surface area (Å²) in [6.07, 6.45) is 1.04. The lowest BCUT2D eigenvalue weighted by molar-refractivity contribution is -0.119. The molecular weight excluding hydrogens is 388 g/mol. The molecule has 1 aromatic heterocycles. The molecule has 9 heteroatoms. The van der Waals surface area contributed by atoms with Gasteiger partial charge >= 0.3 is 0 Å². The van der Waals surface area contributed by atoms with Crippen LogP contribution in [0, 0.1) is 24.5 Å². The van der Waals surface area contributed by atoms with Crippen molar-refractivity contribution in [3.63, 3.8) is 0 Å². The molecule has 0 spiro atoms. The summed E-state index contributed by atoms with van der Waals surface area (Å²) >= 11 is 0. The van der Waals surface area contributed by atoms with E-state index in [0.717, 1.165) is 23.8 Å². The number of hydrogen-bond acceptors (Lipinski definition) is 4. The number of nitrogens with zero attached hydrogens (tertiary/aromatic N) is 3. The van der Waals surface area contributed by atoms with Crippen LogP contribution in [0.4, 0.5) is 29.2 Å². The highest BCUT2D eigenvalue weighted by Gasteiger charge is 2.45. The first-order chi connectivity index (χ1) is 13.8. The van der Waals surface area contributed by atoms with E-state index in [-0.39, 0.29) is 37.0 Å². The van der Waals surface area contributed by atoms with Gasteiger partial charge in [-0.25, -0.2) is 22.2 Å². The third kappa shape index (κ3) is 4.67. The molecule has 1 heterocycles. The topological polar surface area (TPSA) is 52.0 Å². The molecule has 0 radical (unpaired) electrons. The minimum absolute atomic E-state index is 0.147. The SMILES string of the molecule is Cc1cc(Nc2ncn(-c3cc(F)cc(F)c3)n2)cc(OCC2CC(F)(F)C2)c1. The third-order valence-electron chi connectivity index (χ3n) is 4.57. The molecule has 1 N–H and O–H groups in total. The minimum Gasteiger partial charge on any atom is -0.493 e. The molecule has 5 nitrogen and oxygen atoms in total. The zero-order valence-corrected chi connectivity index (χ0v) is 15.5. The van der Waals surface area contributed by atoms with Crippen LogP contribution in [0.5, 0.6) is 5.75 Å². The molecule has 2 aromatic carbocycles. The van der Waals surface area contributed by atoms with E-state index in [1.54, 1.807) is 6.07 Å². The van der Waals surface area contributed by atoms with Crippen molar-refractivity contribution in [3.8, 4) is 11.4 Å². The molecule has 1 aliphatic carbocycles. The number of nitrogens with one attached hydrogen (secondary N) is 1. The van der Waals surface area contributed by atoms with Gasteiger partial charge in [-0.05, 0) is 36.8 Å². The molecule has 0 amide bonds. The van der Waals surface area contributed by atoms with E-state index < -0.39 is 17.6 Å². The number of aryl methyl sites for hydroxylation is 1. The van der Waals surface area contributed by atoms with Crippen molar-refractivity contribution in [2.75, 3.05) is 11.9 Å². The summed E-state index contributed by atoms with van der Waals surface area (Å²) in [4.78, 5) is 4.09. The maximum absolute atomic E-state index is 13.4. The predicted octanol–water partition coefficient (Wildman–Crippen LogP) is 5.02. The Morgan fingerprint density at radius 1 is 1.10 bits per heavy atom. The van der Waals surface area contributed by atoms with Crippen molar-refractivity contribution in [1.29, 1.82) is 0 Å². The molecular formula is C20H18F4N4O. The highest BCUT2D eigenvalue weighted by molar-refractivity contribution is 5.57. The fourth-order valence-corrected chi connectivity index (χ4v) is 3.27. The van der Waals surface area contributed by atoms with Crippen molar-refractivity contribution in [1.82, 2.24) is 14.8 Å². The van der Waals surface area contributed by atoms with Crippen LogP contribution in [-0.2, 0) is 0 Å². The first-order valence-corrected chi connectivity index (χ1v) is 9.03. The first kappa shape index (κ1) is 19.2. The zero-order chi connectivity index (χ0) is 20.6. The molecule has 0 saturated heterocycles. The van der Waals surface area contributed by atoms with Gasteiger partial charge in [0.2, 0.25) is 11.9 Å². The fourth-order valence-electron chi connectivity index (χ4n) is 3.27. The summed E-state index contributed by atoms with van der Waals surface area (Å²) < 4.78 is 59.5. The Labute approximate surface area is 164 Å². The Morgan fingerprint density at radius 3 is 2.52 bits per heavy atom. The van der Waals surface area contributed by atoms with E-state index in [4.69, 9.17) is 4.74 Å². The summed E-state index contributed by atoms with van der Waals surface area (Å²) in [5, 5.41) is 7.17. The van der Waals surface area contributed by atoms with Crippen LogP contribution >= 0.6 is 0 Å². The maximum atomic E-state index is 13.4. The van der Waals surface area contributed by atoms with E-state index in [9.17, 15) is 17.6 Å². The average molecular weight is 406 g/mol. The standard InChI is InChI=1S/C20H18F4N4O/c1-12-2-16(7-18(3-12)29-10-13-8-20(23,24)9-13)26-19-25-11-28(27-19)17-5-14(21)4-15(22)6-17/h2-7,11,13H,8-10H2,1H3,(H,26,27). The van der Waals surface area contributed by atoms with Crippen LogP contribution in [0.2, 0.25) is 0 Å². The molecule has 0 unspecified atom stereocenters. The number of anilines is 2. The van der Waals surface area contributed by atoms with Crippen LogP contribution in [0.25, 0.3) is 5.69 Å². The van der Waals surface area contributed by atoms with Gasteiger partial charge in [-0.1, -0.05) is 0 Å². The van der Waals surface area contributed by atoms with Gasteiger partial charge in [0.25, 0.3) is 0 Å². The van der Waals surface area contributed by atoms with E-state index in [1.807, 2.05) is 19.1 Å². The molecule has 3 aromatic rings. The van der Waals surface area contributed by atoms with Gasteiger partial charge in [0.1, 0.15) is 23.7 Å². The third-order valence-corrected chi connectivity index (χ3v) is 4.57. The van der Waals surface area contributed by atoms with Crippen molar-refractivity contribution in [2.24, 2.45) is 5.92 Å². The van der Waals surface area contributed by atoms with Gasteiger partial charge in [-0.15, -0.1) is 5.10 Å². The van der Waals surface area contributed by atoms with E-state index >= 15 is 0 Å². The quantitative estimate of drug-likeness (QED) is 0.584. The molecule has 0 bridgehead atoms. The zero-order valence-electron chi connectivity index (χ0n) is 15.5. The Hall–Kier alpha value is -3.10. The van der Waals surface area contributed by atoms with Crippen molar-refractivity contribution >= 4 is 11.6 Å². The highest BCUT2D eigenvalue weighted by Crippen LogP contribution is 2.42. The number of ether oxygens (including phenoxy) is 1. The van der Waals surface area contributed by atoms with Crippen molar-refractivity contribution < 1.29 is 22.3 Å². The number of rotatable bonds is 6. The van der Waals surface area contributed by atoms with Gasteiger partial charge in [-0.2, -0.15) is 4.98 Å². The molecule has 1 saturated carbocycles. The number of benzene rings is 2. The van der Waals surface area contributed by atoms with Crippen LogP contribution in [0.1, 0.15) is 18.4 Å². The molecule has 0 aliphatic heterocycles. The van der Waals surface area contributed by atoms with Gasteiger partial charge in [0, 0.05) is 36.6 Å². The summed E-state index contributed by atoms with van der Waals surface area (Å²) in [6.45, 7) is 2.10. The van der Waals surface area contributed by atoms with E-state index in [2.05, 4.69) is 15.4 Å². The first-order valence-electron chi connectivity index (χ1n) is 9.03. The number of hydrogen-bond donors (Lipinski definition) is 1. The second kappa shape index (κ2) is 7.38. The van der Waals surface area contributed by atoms with Crippen molar-refractivity contribution in [3.05, 3.63) is 59.9 Å². The van der Waals surface area contributed by atoms with Gasteiger partial charge < -0.3 is 10.1 Å². The second-order valence-corrected chi connectivity index (χ2v) is 7.24. The molecule has 0 atom stereocenters. The van der Waals surface area contributed by atoms with E-state index in [0.29, 0.717) is 11.4 Å². The lowest BCUT2D eigenvalue weighted by Crippen LogP contribution is -2.38. The number of alkyl halides is 2. The normalized spacial score (nSPS) is 15.8. The van der Waals surface area contributed by atoms with Crippen LogP contribution in [0.15, 0.2) is 42.7 Å². The number of aromatic nitrogens is 3. The Bertz CT molecular complexity index is 1010. The Morgan fingerprint density at radius 2 is 1.83 bits per heavy atom. The minimum atomic E-state index is -2.57. The van der Waals surface area contributed by atoms with Crippen LogP contribution in [-0.4, -0.2) is 27.3 Å². The van der Waals surface area contributed by atoms with Gasteiger partial charge in [0.15, 0.2) is 0 Å². The van der Waals surface area contributed by atoms with Crippen molar-refractivity contribution in [2.45, 2.75) is 25.7 Å². The lowest BCUT2D eigenvalue weighted by atomic mass is 9.82. The summed E-state index contributed by atoms with van der Waals surface area (Å²) in [7, 11) is 0. The summed E-state index contributed by atoms with van der Waals surface area (Å²) in [5.41, 5.74) is 1.74. The van der Waals surface area contributed by atoms with Crippen LogP contribution in [0.3, 0.4) is 0 Å². The summed E-state index contributed by atoms with van der Waals surface area (Å²) in [5.74, 6) is -3.36. The highest BCUT2D eigenvalue weighted by atomic mass is 19.3. The molecule has 4 rings (SSSR count). The lowest BCUT2D eigenvalue weighted by Gasteiger charge is -2.34. The Kier molecular flexibility index (Phi) is 4.89. The molecule has 1 aliphatic rings. The molecule has 29 heavy (non-hydrogen) atoms. The maximum Gasteiger partial charge on any atom is 0.248 e. The Balaban J connectivity index is 1.44. The van der Waals surface area contributed by atoms with Gasteiger partial charge in [0.05, 0.1) is 12.3 Å². The smallest absolute Gasteiger partial charge is 0.248 e. The molecule has 1 fully saturated rings. The van der Waals surface area contributed by atoms with E-state index in [1.165, 1.54) is 11.0 Å². The van der Waals surface area contributed by atoms with Gasteiger partial charge in [-0.3, -0.25) is 0 Å².